The summed E-state index contributed by atoms with van der Waals surface area (Å²) < 4.78 is 3.48. The number of rotatable bonds is 5. The molecule has 29 heavy (non-hydrogen) atoms. The van der Waals surface area contributed by atoms with Crippen LogP contribution >= 0.6 is 0 Å². The van der Waals surface area contributed by atoms with Gasteiger partial charge in [0.1, 0.15) is 5.65 Å². The highest BCUT2D eigenvalue weighted by atomic mass is 16.3. The molecule has 2 aromatic heterocycles. The fraction of sp³-hybridized carbons (Fsp3) is 0.250. The van der Waals surface area contributed by atoms with Gasteiger partial charge in [-0.15, -0.1) is 0 Å². The number of nitrogens with zero attached hydrogens (tertiary/aromatic N) is 3. The summed E-state index contributed by atoms with van der Waals surface area (Å²) in [6, 6.07) is 15.9. The van der Waals surface area contributed by atoms with E-state index in [2.05, 4.69) is 6.58 Å². The van der Waals surface area contributed by atoms with Crippen molar-refractivity contribution in [1.82, 2.24) is 14.2 Å². The number of aliphatic hydroxyl groups is 1. The number of aromatic nitrogens is 3. The van der Waals surface area contributed by atoms with Gasteiger partial charge in [0.15, 0.2) is 0 Å². The van der Waals surface area contributed by atoms with Gasteiger partial charge >= 0.3 is 0 Å². The highest BCUT2D eigenvalue weighted by Crippen LogP contribution is 2.34. The maximum Gasteiger partial charge on any atom is 0.258 e. The van der Waals surface area contributed by atoms with Crippen molar-refractivity contribution in [3.63, 3.8) is 0 Å². The van der Waals surface area contributed by atoms with Gasteiger partial charge in [0.2, 0.25) is 0 Å². The summed E-state index contributed by atoms with van der Waals surface area (Å²) in [4.78, 5) is 13.6. The predicted molar refractivity (Wildman–Crippen MR) is 118 cm³/mol. The minimum Gasteiger partial charge on any atom is -0.512 e. The predicted octanol–water partition coefficient (Wildman–Crippen LogP) is 5.12. The van der Waals surface area contributed by atoms with E-state index >= 15 is 0 Å². The van der Waals surface area contributed by atoms with Crippen molar-refractivity contribution in [3.05, 3.63) is 82.3 Å². The van der Waals surface area contributed by atoms with Crippen LogP contribution in [0, 0.1) is 6.92 Å². The second-order valence-corrected chi connectivity index (χ2v) is 7.58. The average molecular weight is 387 g/mol. The first kappa shape index (κ1) is 19.0. The van der Waals surface area contributed by atoms with Gasteiger partial charge in [-0.05, 0) is 25.5 Å². The molecule has 5 nitrogen and oxygen atoms in total. The molecule has 0 saturated carbocycles. The summed E-state index contributed by atoms with van der Waals surface area (Å²) in [5.41, 5.74) is 4.71. The van der Waals surface area contributed by atoms with Crippen LogP contribution in [0.15, 0.2) is 65.7 Å². The third-order valence-corrected chi connectivity index (χ3v) is 5.53. The van der Waals surface area contributed by atoms with E-state index in [9.17, 15) is 9.90 Å². The molecule has 0 fully saturated rings. The number of benzene rings is 2. The van der Waals surface area contributed by atoms with Crippen molar-refractivity contribution in [1.29, 1.82) is 0 Å². The fourth-order valence-corrected chi connectivity index (χ4v) is 4.06. The number of aryl methyl sites for hydroxylation is 2. The van der Waals surface area contributed by atoms with Crippen molar-refractivity contribution in [2.24, 2.45) is 7.05 Å². The van der Waals surface area contributed by atoms with Crippen molar-refractivity contribution in [2.75, 3.05) is 0 Å². The number of allylic oxidation sites excluding steroid dienone is 1. The van der Waals surface area contributed by atoms with Crippen molar-refractivity contribution >= 4 is 16.6 Å². The molecule has 2 aromatic carbocycles. The average Bonchev–Trinajstić information content (AvgIpc) is 3.09. The zero-order valence-corrected chi connectivity index (χ0v) is 17.0. The fourth-order valence-electron chi connectivity index (χ4n) is 4.06. The number of hydrogen-bond donors (Lipinski definition) is 1. The first-order valence-electron chi connectivity index (χ1n) is 9.89. The quantitative estimate of drug-likeness (QED) is 0.484. The van der Waals surface area contributed by atoms with E-state index in [4.69, 9.17) is 5.10 Å². The Morgan fingerprint density at radius 3 is 2.52 bits per heavy atom. The molecule has 5 heteroatoms. The Hall–Kier alpha value is -3.34. The minimum absolute atomic E-state index is 0.00775. The van der Waals surface area contributed by atoms with Gasteiger partial charge in [-0.3, -0.25) is 9.36 Å². The van der Waals surface area contributed by atoms with Gasteiger partial charge in [0.05, 0.1) is 22.5 Å². The smallest absolute Gasteiger partial charge is 0.258 e. The standard InChI is InChI=1S/C24H25N3O2/c1-5-8-18(16(3)28)21-22(17-13-11-15(2)12-14-17)27-23(26(4)24(21)29)19-9-6-7-10-20(19)25-27/h6-7,9-14,18,28H,3,5,8H2,1-2,4H3. The third kappa shape index (κ3) is 3.03. The molecule has 0 aliphatic rings. The Morgan fingerprint density at radius 2 is 1.86 bits per heavy atom. The van der Waals surface area contributed by atoms with Crippen LogP contribution in [0.5, 0.6) is 0 Å². The monoisotopic (exact) mass is 387 g/mol. The molecule has 1 N–H and O–H groups in total. The lowest BCUT2D eigenvalue weighted by atomic mass is 9.90. The van der Waals surface area contributed by atoms with Gasteiger partial charge in [-0.25, -0.2) is 4.52 Å². The molecule has 0 amide bonds. The van der Waals surface area contributed by atoms with Crippen LogP contribution in [0.3, 0.4) is 0 Å². The molecule has 1 unspecified atom stereocenters. The van der Waals surface area contributed by atoms with Crippen LogP contribution in [0.25, 0.3) is 27.8 Å². The summed E-state index contributed by atoms with van der Waals surface area (Å²) in [6.07, 6.45) is 1.45. The second-order valence-electron chi connectivity index (χ2n) is 7.58. The lowest BCUT2D eigenvalue weighted by Gasteiger charge is -2.21. The van der Waals surface area contributed by atoms with E-state index in [0.29, 0.717) is 17.7 Å². The van der Waals surface area contributed by atoms with E-state index < -0.39 is 5.92 Å². The van der Waals surface area contributed by atoms with Gasteiger partial charge in [0.25, 0.3) is 5.56 Å². The van der Waals surface area contributed by atoms with Crippen molar-refractivity contribution in [2.45, 2.75) is 32.6 Å². The molecular weight excluding hydrogens is 362 g/mol. The number of aliphatic hydroxyl groups excluding tert-OH is 1. The van der Waals surface area contributed by atoms with E-state index in [0.717, 1.165) is 34.1 Å². The van der Waals surface area contributed by atoms with Gasteiger partial charge in [0, 0.05) is 23.9 Å². The van der Waals surface area contributed by atoms with Crippen LogP contribution in [0.1, 0.15) is 36.8 Å². The van der Waals surface area contributed by atoms with E-state index in [-0.39, 0.29) is 11.3 Å². The molecule has 0 aliphatic heterocycles. The molecule has 0 spiro atoms. The highest BCUT2D eigenvalue weighted by molar-refractivity contribution is 5.93. The van der Waals surface area contributed by atoms with Crippen LogP contribution in [-0.4, -0.2) is 19.3 Å². The Morgan fingerprint density at radius 1 is 1.17 bits per heavy atom. The zero-order chi connectivity index (χ0) is 20.7. The van der Waals surface area contributed by atoms with Crippen LogP contribution < -0.4 is 5.56 Å². The van der Waals surface area contributed by atoms with Gasteiger partial charge in [-0.2, -0.15) is 5.10 Å². The maximum atomic E-state index is 13.6. The van der Waals surface area contributed by atoms with Crippen LogP contribution in [-0.2, 0) is 7.05 Å². The molecular formula is C24H25N3O2. The molecule has 2 heterocycles. The molecule has 4 aromatic rings. The van der Waals surface area contributed by atoms with Crippen LogP contribution in [0.4, 0.5) is 0 Å². The number of fused-ring (bicyclic) bond motifs is 3. The summed E-state index contributed by atoms with van der Waals surface area (Å²) in [5, 5.41) is 16.1. The summed E-state index contributed by atoms with van der Waals surface area (Å²) in [5.74, 6) is -0.444. The number of hydrogen-bond acceptors (Lipinski definition) is 3. The molecule has 0 saturated heterocycles. The lowest BCUT2D eigenvalue weighted by Crippen LogP contribution is -2.28. The summed E-state index contributed by atoms with van der Waals surface area (Å²) in [7, 11) is 1.76. The first-order chi connectivity index (χ1) is 13.9. The lowest BCUT2D eigenvalue weighted by molar-refractivity contribution is 0.360. The largest absolute Gasteiger partial charge is 0.512 e. The molecule has 0 aliphatic carbocycles. The Kier molecular flexibility index (Phi) is 4.74. The van der Waals surface area contributed by atoms with E-state index in [1.807, 2.05) is 66.9 Å². The summed E-state index contributed by atoms with van der Waals surface area (Å²) >= 11 is 0. The SMILES string of the molecule is C=C(O)C(CCC)c1c(-c2ccc(C)cc2)n2nc3ccccc3c2n(C)c1=O. The first-order valence-corrected chi connectivity index (χ1v) is 9.89. The topological polar surface area (TPSA) is 59.5 Å². The molecule has 0 bridgehead atoms. The van der Waals surface area contributed by atoms with Crippen molar-refractivity contribution in [3.8, 4) is 11.3 Å². The van der Waals surface area contributed by atoms with Crippen LogP contribution in [0.2, 0.25) is 0 Å². The van der Waals surface area contributed by atoms with Gasteiger partial charge < -0.3 is 5.11 Å². The molecule has 4 rings (SSSR count). The molecule has 1 atom stereocenters. The maximum absolute atomic E-state index is 13.6. The Labute approximate surface area is 169 Å². The second kappa shape index (κ2) is 7.24. The van der Waals surface area contributed by atoms with Gasteiger partial charge in [-0.1, -0.05) is 61.9 Å². The summed E-state index contributed by atoms with van der Waals surface area (Å²) in [6.45, 7) is 7.83. The van der Waals surface area contributed by atoms with E-state index in [1.54, 1.807) is 11.6 Å². The molecule has 0 radical (unpaired) electrons. The van der Waals surface area contributed by atoms with Crippen molar-refractivity contribution < 1.29 is 5.11 Å². The highest BCUT2D eigenvalue weighted by Gasteiger charge is 2.27. The molecule has 148 valence electrons. The Bertz CT molecular complexity index is 1280. The zero-order valence-electron chi connectivity index (χ0n) is 17.0. The minimum atomic E-state index is -0.452. The Balaban J connectivity index is 2.21. The van der Waals surface area contributed by atoms with E-state index in [1.165, 1.54) is 0 Å². The third-order valence-electron chi connectivity index (χ3n) is 5.53. The normalized spacial score (nSPS) is 12.5.